The third kappa shape index (κ3) is 3.67. The topological polar surface area (TPSA) is 53.2 Å². The van der Waals surface area contributed by atoms with Crippen LogP contribution in [0.2, 0.25) is 0 Å². The van der Waals surface area contributed by atoms with Crippen molar-refractivity contribution in [2.24, 2.45) is 0 Å². The number of nitrogens with zero attached hydrogens (tertiary/aromatic N) is 2. The Morgan fingerprint density at radius 1 is 1.35 bits per heavy atom. The summed E-state index contributed by atoms with van der Waals surface area (Å²) in [5.74, 6) is 0. The highest BCUT2D eigenvalue weighted by atomic mass is 127. The summed E-state index contributed by atoms with van der Waals surface area (Å²) in [6.45, 7) is 3.59. The second kappa shape index (κ2) is 6.95. The number of halogens is 1. The van der Waals surface area contributed by atoms with Crippen molar-refractivity contribution in [2.75, 3.05) is 13.7 Å². The molecule has 0 bridgehead atoms. The maximum Gasteiger partial charge on any atom is 0.331 e. The van der Waals surface area contributed by atoms with Crippen molar-refractivity contribution in [3.63, 3.8) is 0 Å². The fourth-order valence-corrected chi connectivity index (χ4v) is 2.21. The molecule has 6 heteroatoms. The van der Waals surface area contributed by atoms with Crippen LogP contribution in [0, 0.1) is 3.57 Å². The van der Waals surface area contributed by atoms with Gasteiger partial charge in [0.05, 0.1) is 3.57 Å². The molecule has 1 aromatic heterocycles. The van der Waals surface area contributed by atoms with E-state index >= 15 is 0 Å². The zero-order valence-electron chi connectivity index (χ0n) is 10.1. The van der Waals surface area contributed by atoms with Gasteiger partial charge >= 0.3 is 5.69 Å². The van der Waals surface area contributed by atoms with Crippen LogP contribution in [0.1, 0.15) is 19.8 Å². The van der Waals surface area contributed by atoms with E-state index in [4.69, 9.17) is 4.74 Å². The highest BCUT2D eigenvalue weighted by molar-refractivity contribution is 14.1. The number of ether oxygens (including phenoxy) is 1. The molecule has 5 nitrogen and oxygen atoms in total. The van der Waals surface area contributed by atoms with E-state index in [9.17, 15) is 9.59 Å². The molecule has 0 amide bonds. The molecule has 1 heterocycles. The fourth-order valence-electron chi connectivity index (χ4n) is 1.58. The maximum atomic E-state index is 12.0. The third-order valence-corrected chi connectivity index (χ3v) is 3.13. The van der Waals surface area contributed by atoms with Crippen LogP contribution in [0.4, 0.5) is 0 Å². The fraction of sp³-hybridized carbons (Fsp3) is 0.636. The second-order valence-electron chi connectivity index (χ2n) is 3.76. The number of aromatic nitrogens is 2. The van der Waals surface area contributed by atoms with Gasteiger partial charge in [-0.3, -0.25) is 13.9 Å². The number of aryl methyl sites for hydroxylation is 1. The molecule has 1 aromatic rings. The van der Waals surface area contributed by atoms with E-state index in [-0.39, 0.29) is 11.2 Å². The smallest absolute Gasteiger partial charge is 0.331 e. The van der Waals surface area contributed by atoms with Crippen molar-refractivity contribution in [3.8, 4) is 0 Å². The van der Waals surface area contributed by atoms with Gasteiger partial charge in [-0.25, -0.2) is 4.79 Å². The molecular weight excluding hydrogens is 335 g/mol. The molecule has 0 aliphatic heterocycles. The second-order valence-corrected chi connectivity index (χ2v) is 4.92. The van der Waals surface area contributed by atoms with Crippen LogP contribution < -0.4 is 11.2 Å². The Kier molecular flexibility index (Phi) is 5.90. The lowest BCUT2D eigenvalue weighted by molar-refractivity contribution is 0.189. The van der Waals surface area contributed by atoms with Gasteiger partial charge in [0.25, 0.3) is 5.56 Å². The van der Waals surface area contributed by atoms with Crippen LogP contribution >= 0.6 is 22.6 Å². The van der Waals surface area contributed by atoms with Gasteiger partial charge in [-0.1, -0.05) is 6.92 Å². The zero-order valence-corrected chi connectivity index (χ0v) is 12.3. The SMILES string of the molecule is CCCn1cc(I)c(=O)n(CCCOC)c1=O. The monoisotopic (exact) mass is 352 g/mol. The molecule has 0 fully saturated rings. The van der Waals surface area contributed by atoms with Crippen molar-refractivity contribution in [3.05, 3.63) is 30.6 Å². The van der Waals surface area contributed by atoms with Crippen molar-refractivity contribution in [2.45, 2.75) is 32.9 Å². The minimum atomic E-state index is -0.228. The van der Waals surface area contributed by atoms with Gasteiger partial charge in [-0.05, 0) is 35.4 Å². The molecule has 96 valence electrons. The Morgan fingerprint density at radius 2 is 2.06 bits per heavy atom. The van der Waals surface area contributed by atoms with Crippen LogP contribution in [0.25, 0.3) is 0 Å². The zero-order chi connectivity index (χ0) is 12.8. The maximum absolute atomic E-state index is 12.0. The van der Waals surface area contributed by atoms with E-state index in [1.807, 2.05) is 29.5 Å². The Labute approximate surface area is 114 Å². The van der Waals surface area contributed by atoms with E-state index in [1.54, 1.807) is 17.9 Å². The Balaban J connectivity index is 3.09. The summed E-state index contributed by atoms with van der Waals surface area (Å²) in [5.41, 5.74) is -0.438. The van der Waals surface area contributed by atoms with Crippen LogP contribution in [-0.2, 0) is 17.8 Å². The first kappa shape index (κ1) is 14.4. The first-order chi connectivity index (χ1) is 8.11. The molecular formula is C11H17IN2O3. The first-order valence-corrected chi connectivity index (χ1v) is 6.68. The number of hydrogen-bond donors (Lipinski definition) is 0. The standard InChI is InChI=1S/C11H17IN2O3/c1-3-5-13-8-9(12)10(15)14(11(13)16)6-4-7-17-2/h8H,3-7H2,1-2H3. The summed E-state index contributed by atoms with van der Waals surface area (Å²) in [6, 6.07) is 0. The largest absolute Gasteiger partial charge is 0.385 e. The van der Waals surface area contributed by atoms with Crippen LogP contribution in [0.5, 0.6) is 0 Å². The van der Waals surface area contributed by atoms with Gasteiger partial charge in [0.15, 0.2) is 0 Å². The van der Waals surface area contributed by atoms with Crippen LogP contribution in [-0.4, -0.2) is 22.9 Å². The highest BCUT2D eigenvalue weighted by Crippen LogP contribution is 1.96. The van der Waals surface area contributed by atoms with Gasteiger partial charge in [0.2, 0.25) is 0 Å². The Morgan fingerprint density at radius 3 is 2.65 bits per heavy atom. The molecule has 0 aliphatic rings. The molecule has 0 unspecified atom stereocenters. The normalized spacial score (nSPS) is 10.8. The average Bonchev–Trinajstić information content (AvgIpc) is 2.31. The van der Waals surface area contributed by atoms with Gasteiger partial charge in [-0.15, -0.1) is 0 Å². The van der Waals surface area contributed by atoms with Crippen molar-refractivity contribution >= 4 is 22.6 Å². The molecule has 0 saturated heterocycles. The molecule has 0 aromatic carbocycles. The summed E-state index contributed by atoms with van der Waals surface area (Å²) in [6.07, 6.45) is 3.16. The van der Waals surface area contributed by atoms with Gasteiger partial charge in [-0.2, -0.15) is 0 Å². The van der Waals surface area contributed by atoms with E-state index in [0.29, 0.717) is 29.7 Å². The molecule has 17 heavy (non-hydrogen) atoms. The number of hydrogen-bond acceptors (Lipinski definition) is 3. The first-order valence-electron chi connectivity index (χ1n) is 5.60. The minimum Gasteiger partial charge on any atom is -0.385 e. The quantitative estimate of drug-likeness (QED) is 0.568. The van der Waals surface area contributed by atoms with Gasteiger partial charge in [0, 0.05) is 33.0 Å². The lowest BCUT2D eigenvalue weighted by Crippen LogP contribution is -2.41. The predicted octanol–water partition coefficient (Wildman–Crippen LogP) is 1.06. The lowest BCUT2D eigenvalue weighted by Gasteiger charge is -2.10. The number of rotatable bonds is 6. The van der Waals surface area contributed by atoms with E-state index in [2.05, 4.69) is 0 Å². The highest BCUT2D eigenvalue weighted by Gasteiger charge is 2.08. The van der Waals surface area contributed by atoms with E-state index in [1.165, 1.54) is 4.57 Å². The number of methoxy groups -OCH3 is 1. The molecule has 0 atom stereocenters. The Hall–Kier alpha value is -0.630. The summed E-state index contributed by atoms with van der Waals surface area (Å²) in [5, 5.41) is 0. The van der Waals surface area contributed by atoms with E-state index in [0.717, 1.165) is 6.42 Å². The average molecular weight is 352 g/mol. The molecule has 0 spiro atoms. The molecule has 0 radical (unpaired) electrons. The molecule has 0 N–H and O–H groups in total. The van der Waals surface area contributed by atoms with Crippen molar-refractivity contribution in [1.29, 1.82) is 0 Å². The summed E-state index contributed by atoms with van der Waals surface area (Å²) in [7, 11) is 1.60. The third-order valence-electron chi connectivity index (χ3n) is 2.39. The van der Waals surface area contributed by atoms with Crippen LogP contribution in [0.15, 0.2) is 15.8 Å². The summed E-state index contributed by atoms with van der Waals surface area (Å²) < 4.78 is 8.38. The van der Waals surface area contributed by atoms with Crippen LogP contribution in [0.3, 0.4) is 0 Å². The molecule has 0 aliphatic carbocycles. The van der Waals surface area contributed by atoms with E-state index < -0.39 is 0 Å². The summed E-state index contributed by atoms with van der Waals surface area (Å²) >= 11 is 1.97. The minimum absolute atomic E-state index is 0.209. The van der Waals surface area contributed by atoms with Crippen molar-refractivity contribution in [1.82, 2.24) is 9.13 Å². The summed E-state index contributed by atoms with van der Waals surface area (Å²) in [4.78, 5) is 23.8. The van der Waals surface area contributed by atoms with Gasteiger partial charge in [0.1, 0.15) is 0 Å². The lowest BCUT2D eigenvalue weighted by atomic mass is 10.4. The molecule has 0 saturated carbocycles. The van der Waals surface area contributed by atoms with Gasteiger partial charge < -0.3 is 4.74 Å². The molecule has 1 rings (SSSR count). The van der Waals surface area contributed by atoms with Crippen molar-refractivity contribution < 1.29 is 4.74 Å². The Bertz CT molecular complexity index is 479. The predicted molar refractivity (Wildman–Crippen MR) is 74.5 cm³/mol.